The second-order valence-electron chi connectivity index (χ2n) is 6.46. The first-order chi connectivity index (χ1) is 11.7. The summed E-state index contributed by atoms with van der Waals surface area (Å²) in [5, 5.41) is 4.86. The normalized spacial score (nSPS) is 20.5. The number of hydrogen-bond donors (Lipinski definition) is 0. The number of halogens is 1. The first-order valence-corrected chi connectivity index (χ1v) is 8.94. The molecule has 1 fully saturated rings. The van der Waals surface area contributed by atoms with Gasteiger partial charge in [0.1, 0.15) is 0 Å². The third-order valence-corrected chi connectivity index (χ3v) is 5.04. The Bertz CT molecular complexity index is 638. The molecule has 1 aliphatic heterocycles. The Hall–Kier alpha value is -1.81. The van der Waals surface area contributed by atoms with E-state index in [-0.39, 0.29) is 17.9 Å². The molecule has 5 heteroatoms. The first kappa shape index (κ1) is 17.0. The molecule has 1 aliphatic carbocycles. The number of carbonyl (C=O) groups excluding carboxylic acids is 1. The maximum atomic E-state index is 12.7. The second kappa shape index (κ2) is 7.84. The summed E-state index contributed by atoms with van der Waals surface area (Å²) < 4.78 is 0. The molecule has 0 spiro atoms. The molecule has 1 amide bonds. The molecule has 1 aromatic rings. The smallest absolute Gasteiger partial charge is 0.226 e. The molecule has 1 aromatic carbocycles. The van der Waals surface area contributed by atoms with E-state index in [4.69, 9.17) is 16.4 Å². The van der Waals surface area contributed by atoms with Gasteiger partial charge in [0, 0.05) is 29.5 Å². The highest BCUT2D eigenvalue weighted by atomic mass is 35.5. The lowest BCUT2D eigenvalue weighted by atomic mass is 10.0. The molecule has 0 unspecified atom stereocenters. The van der Waals surface area contributed by atoms with Crippen LogP contribution in [0.3, 0.4) is 0 Å². The van der Waals surface area contributed by atoms with Crippen LogP contribution >= 0.6 is 11.6 Å². The average molecular weight is 347 g/mol. The number of benzene rings is 1. The number of carbonyl (C=O) groups is 1. The van der Waals surface area contributed by atoms with Crippen molar-refractivity contribution in [3.63, 3.8) is 0 Å². The van der Waals surface area contributed by atoms with Crippen LogP contribution in [-0.4, -0.2) is 35.7 Å². The average Bonchev–Trinajstić information content (AvgIpc) is 3.26. The molecule has 0 bridgehead atoms. The number of amides is 1. The van der Waals surface area contributed by atoms with Gasteiger partial charge in [-0.05, 0) is 18.9 Å². The van der Waals surface area contributed by atoms with Gasteiger partial charge in [0.25, 0.3) is 0 Å². The minimum Gasteiger partial charge on any atom is -0.390 e. The van der Waals surface area contributed by atoms with E-state index in [1.54, 1.807) is 6.08 Å². The molecule has 1 atom stereocenters. The Morgan fingerprint density at radius 3 is 2.83 bits per heavy atom. The van der Waals surface area contributed by atoms with Gasteiger partial charge in [0.05, 0.1) is 12.3 Å². The van der Waals surface area contributed by atoms with Crippen molar-refractivity contribution >= 4 is 23.2 Å². The molecule has 1 saturated carbocycles. The lowest BCUT2D eigenvalue weighted by Crippen LogP contribution is -2.40. The van der Waals surface area contributed by atoms with Gasteiger partial charge in [-0.2, -0.15) is 0 Å². The van der Waals surface area contributed by atoms with E-state index in [0.29, 0.717) is 24.5 Å². The number of rotatable bonds is 6. The van der Waals surface area contributed by atoms with Gasteiger partial charge >= 0.3 is 0 Å². The van der Waals surface area contributed by atoms with Crippen LogP contribution in [0.5, 0.6) is 0 Å². The van der Waals surface area contributed by atoms with E-state index in [0.717, 1.165) is 37.0 Å². The van der Waals surface area contributed by atoms with Crippen molar-refractivity contribution < 1.29 is 9.63 Å². The van der Waals surface area contributed by atoms with E-state index in [9.17, 15) is 4.79 Å². The molecular formula is C19H23ClN2O2. The molecule has 128 valence electrons. The summed E-state index contributed by atoms with van der Waals surface area (Å²) in [6.07, 6.45) is 6.61. The molecule has 2 aliphatic rings. The van der Waals surface area contributed by atoms with Crippen molar-refractivity contribution in [1.29, 1.82) is 0 Å². The SMILES string of the molecule is C=CCN(C[C@@H]1CC(c2ccccc2Cl)=NO1)C(=O)C1CCCC1. The molecule has 24 heavy (non-hydrogen) atoms. The zero-order valence-electron chi connectivity index (χ0n) is 13.8. The summed E-state index contributed by atoms with van der Waals surface area (Å²) in [6.45, 7) is 4.87. The van der Waals surface area contributed by atoms with Gasteiger partial charge in [0.2, 0.25) is 5.91 Å². The maximum Gasteiger partial charge on any atom is 0.226 e. The predicted molar refractivity (Wildman–Crippen MR) is 96.2 cm³/mol. The van der Waals surface area contributed by atoms with Crippen LogP contribution in [0.4, 0.5) is 0 Å². The van der Waals surface area contributed by atoms with Gasteiger partial charge in [0.15, 0.2) is 6.10 Å². The Kier molecular flexibility index (Phi) is 5.56. The molecule has 4 nitrogen and oxygen atoms in total. The molecule has 0 aromatic heterocycles. The molecule has 0 saturated heterocycles. The summed E-state index contributed by atoms with van der Waals surface area (Å²) in [4.78, 5) is 20.1. The summed E-state index contributed by atoms with van der Waals surface area (Å²) in [6, 6.07) is 7.62. The van der Waals surface area contributed by atoms with Gasteiger partial charge in [-0.25, -0.2) is 0 Å². The standard InChI is InChI=1S/C19H23ClN2O2/c1-2-11-22(19(23)14-7-3-4-8-14)13-15-12-18(21-24-15)16-9-5-6-10-17(16)20/h2,5-6,9-10,14-15H,1,3-4,7-8,11-13H2/t15-/m0/s1. The van der Waals surface area contributed by atoms with E-state index in [2.05, 4.69) is 11.7 Å². The minimum absolute atomic E-state index is 0.124. The van der Waals surface area contributed by atoms with Crippen LogP contribution in [0.15, 0.2) is 42.1 Å². The Balaban J connectivity index is 1.62. The molecule has 0 N–H and O–H groups in total. The van der Waals surface area contributed by atoms with Gasteiger partial charge in [-0.3, -0.25) is 4.79 Å². The van der Waals surface area contributed by atoms with E-state index < -0.39 is 0 Å². The maximum absolute atomic E-state index is 12.7. The number of nitrogens with zero attached hydrogens (tertiary/aromatic N) is 2. The van der Waals surface area contributed by atoms with Crippen molar-refractivity contribution in [3.8, 4) is 0 Å². The molecule has 1 heterocycles. The van der Waals surface area contributed by atoms with Crippen molar-refractivity contribution in [2.24, 2.45) is 11.1 Å². The van der Waals surface area contributed by atoms with Crippen LogP contribution in [0.2, 0.25) is 5.02 Å². The summed E-state index contributed by atoms with van der Waals surface area (Å²) in [5.74, 6) is 0.387. The highest BCUT2D eigenvalue weighted by molar-refractivity contribution is 6.34. The van der Waals surface area contributed by atoms with Crippen LogP contribution in [-0.2, 0) is 9.63 Å². The van der Waals surface area contributed by atoms with Crippen molar-refractivity contribution in [2.75, 3.05) is 13.1 Å². The van der Waals surface area contributed by atoms with E-state index >= 15 is 0 Å². The van der Waals surface area contributed by atoms with Gasteiger partial charge < -0.3 is 9.74 Å². The van der Waals surface area contributed by atoms with Crippen molar-refractivity contribution in [1.82, 2.24) is 4.90 Å². The predicted octanol–water partition coefficient (Wildman–Crippen LogP) is 4.04. The number of oxime groups is 1. The van der Waals surface area contributed by atoms with Gasteiger partial charge in [-0.1, -0.05) is 53.9 Å². The molecule has 0 radical (unpaired) electrons. The molecule has 3 rings (SSSR count). The fourth-order valence-corrected chi connectivity index (χ4v) is 3.71. The first-order valence-electron chi connectivity index (χ1n) is 8.56. The largest absolute Gasteiger partial charge is 0.390 e. The van der Waals surface area contributed by atoms with Crippen molar-refractivity contribution in [3.05, 3.63) is 47.5 Å². The van der Waals surface area contributed by atoms with Crippen LogP contribution in [0, 0.1) is 5.92 Å². The minimum atomic E-state index is -0.124. The molecular weight excluding hydrogens is 324 g/mol. The van der Waals surface area contributed by atoms with Crippen LogP contribution < -0.4 is 0 Å². The van der Waals surface area contributed by atoms with Crippen molar-refractivity contribution in [2.45, 2.75) is 38.2 Å². The Labute approximate surface area is 148 Å². The van der Waals surface area contributed by atoms with Crippen LogP contribution in [0.25, 0.3) is 0 Å². The summed E-state index contributed by atoms with van der Waals surface area (Å²) in [7, 11) is 0. The van der Waals surface area contributed by atoms with Gasteiger partial charge in [-0.15, -0.1) is 6.58 Å². The van der Waals surface area contributed by atoms with E-state index in [1.807, 2.05) is 29.2 Å². The second-order valence-corrected chi connectivity index (χ2v) is 6.87. The summed E-state index contributed by atoms with van der Waals surface area (Å²) in [5.41, 5.74) is 1.75. The zero-order chi connectivity index (χ0) is 16.9. The quantitative estimate of drug-likeness (QED) is 0.729. The highest BCUT2D eigenvalue weighted by Crippen LogP contribution is 2.28. The highest BCUT2D eigenvalue weighted by Gasteiger charge is 2.31. The third kappa shape index (κ3) is 3.81. The zero-order valence-corrected chi connectivity index (χ0v) is 14.5. The Morgan fingerprint density at radius 2 is 2.12 bits per heavy atom. The monoisotopic (exact) mass is 346 g/mol. The fraction of sp³-hybridized carbons (Fsp3) is 0.474. The Morgan fingerprint density at radius 1 is 1.38 bits per heavy atom. The van der Waals surface area contributed by atoms with Crippen LogP contribution in [0.1, 0.15) is 37.7 Å². The third-order valence-electron chi connectivity index (χ3n) is 4.71. The topological polar surface area (TPSA) is 41.9 Å². The fourth-order valence-electron chi connectivity index (χ4n) is 3.47. The van der Waals surface area contributed by atoms with E-state index in [1.165, 1.54) is 0 Å². The lowest BCUT2D eigenvalue weighted by Gasteiger charge is -2.26. The lowest BCUT2D eigenvalue weighted by molar-refractivity contribution is -0.136. The number of hydrogen-bond acceptors (Lipinski definition) is 3. The summed E-state index contributed by atoms with van der Waals surface area (Å²) >= 11 is 6.23.